The number of carboxylic acids is 1. The average Bonchev–Trinajstić information content (AvgIpc) is 2.52. The molecule has 0 bridgehead atoms. The molecule has 5 nitrogen and oxygen atoms in total. The van der Waals surface area contributed by atoms with E-state index < -0.39 is 5.97 Å². The number of rotatable bonds is 3. The van der Waals surface area contributed by atoms with Crippen LogP contribution < -0.4 is 5.32 Å². The number of hydrogen-bond donors (Lipinski definition) is 2. The zero-order valence-electron chi connectivity index (χ0n) is 12.2. The first-order valence-corrected chi connectivity index (χ1v) is 6.83. The van der Waals surface area contributed by atoms with E-state index in [2.05, 4.69) is 24.3 Å². The van der Waals surface area contributed by atoms with Crippen molar-refractivity contribution in [2.24, 2.45) is 12.5 Å². The number of aromatic carboxylic acids is 1. The number of carbonyl (C=O) groups is 1. The van der Waals surface area contributed by atoms with Crippen LogP contribution in [0.3, 0.4) is 0 Å². The van der Waals surface area contributed by atoms with Crippen LogP contribution in [0.15, 0.2) is 0 Å². The monoisotopic (exact) mass is 265 g/mol. The molecular formula is C14H23N3O2. The minimum absolute atomic E-state index is 0.297. The van der Waals surface area contributed by atoms with Gasteiger partial charge in [-0.25, -0.2) is 4.79 Å². The quantitative estimate of drug-likeness (QED) is 0.882. The summed E-state index contributed by atoms with van der Waals surface area (Å²) in [5.41, 5.74) is 1.19. The number of nitrogens with zero attached hydrogens (tertiary/aromatic N) is 2. The van der Waals surface area contributed by atoms with E-state index in [0.29, 0.717) is 28.5 Å². The third-order valence-corrected chi connectivity index (χ3v) is 3.98. The van der Waals surface area contributed by atoms with E-state index in [4.69, 9.17) is 0 Å². The standard InChI is InChI=1S/C14H23N3O2/c1-9-11(13(18)19)12(17(4)16-9)15-10-6-5-7-14(2,3)8-10/h10,15H,5-8H2,1-4H3,(H,18,19). The van der Waals surface area contributed by atoms with Crippen molar-refractivity contribution in [2.45, 2.75) is 52.5 Å². The lowest BCUT2D eigenvalue weighted by Gasteiger charge is -2.36. The predicted molar refractivity (Wildman–Crippen MR) is 74.6 cm³/mol. The summed E-state index contributed by atoms with van der Waals surface area (Å²) in [6.45, 7) is 6.28. The van der Waals surface area contributed by atoms with E-state index in [1.807, 2.05) is 0 Å². The second kappa shape index (κ2) is 4.87. The van der Waals surface area contributed by atoms with E-state index in [1.165, 1.54) is 12.8 Å². The summed E-state index contributed by atoms with van der Waals surface area (Å²) < 4.78 is 1.64. The van der Waals surface area contributed by atoms with Crippen LogP contribution in [-0.4, -0.2) is 26.9 Å². The Labute approximate surface area is 114 Å². The molecule has 1 atom stereocenters. The Morgan fingerprint density at radius 3 is 2.79 bits per heavy atom. The minimum Gasteiger partial charge on any atom is -0.477 e. The smallest absolute Gasteiger partial charge is 0.341 e. The van der Waals surface area contributed by atoms with E-state index in [9.17, 15) is 9.90 Å². The second-order valence-corrected chi connectivity index (χ2v) is 6.34. The Morgan fingerprint density at radius 1 is 1.53 bits per heavy atom. The van der Waals surface area contributed by atoms with Crippen LogP contribution in [0.5, 0.6) is 0 Å². The van der Waals surface area contributed by atoms with Gasteiger partial charge in [-0.15, -0.1) is 0 Å². The molecule has 1 aliphatic rings. The summed E-state index contributed by atoms with van der Waals surface area (Å²) in [5, 5.41) is 16.9. The van der Waals surface area contributed by atoms with Crippen molar-refractivity contribution in [1.29, 1.82) is 0 Å². The summed E-state index contributed by atoms with van der Waals surface area (Å²) in [5.74, 6) is -0.282. The Balaban J connectivity index is 2.21. The molecule has 1 fully saturated rings. The van der Waals surface area contributed by atoms with E-state index in [1.54, 1.807) is 18.7 Å². The first kappa shape index (κ1) is 13.9. The Morgan fingerprint density at radius 2 is 2.21 bits per heavy atom. The lowest BCUT2D eigenvalue weighted by Crippen LogP contribution is -2.32. The molecule has 106 valence electrons. The van der Waals surface area contributed by atoms with Gasteiger partial charge in [0.25, 0.3) is 0 Å². The maximum absolute atomic E-state index is 11.3. The lowest BCUT2D eigenvalue weighted by molar-refractivity contribution is 0.0697. The second-order valence-electron chi connectivity index (χ2n) is 6.34. The molecular weight excluding hydrogens is 242 g/mol. The topological polar surface area (TPSA) is 67.2 Å². The van der Waals surface area contributed by atoms with Gasteiger partial charge in [0, 0.05) is 13.1 Å². The van der Waals surface area contributed by atoms with Gasteiger partial charge in [0.2, 0.25) is 0 Å². The van der Waals surface area contributed by atoms with Crippen molar-refractivity contribution < 1.29 is 9.90 Å². The summed E-state index contributed by atoms with van der Waals surface area (Å²) >= 11 is 0. The number of hydrogen-bond acceptors (Lipinski definition) is 3. The van der Waals surface area contributed by atoms with Crippen LogP contribution in [0.2, 0.25) is 0 Å². The van der Waals surface area contributed by atoms with E-state index in [-0.39, 0.29) is 0 Å². The van der Waals surface area contributed by atoms with Crippen molar-refractivity contribution in [1.82, 2.24) is 9.78 Å². The number of nitrogens with one attached hydrogen (secondary N) is 1. The number of aromatic nitrogens is 2. The highest BCUT2D eigenvalue weighted by Gasteiger charge is 2.30. The third kappa shape index (κ3) is 2.91. The van der Waals surface area contributed by atoms with Crippen molar-refractivity contribution in [3.05, 3.63) is 11.3 Å². The third-order valence-electron chi connectivity index (χ3n) is 3.98. The van der Waals surface area contributed by atoms with Crippen LogP contribution in [0.1, 0.15) is 55.6 Å². The Hall–Kier alpha value is -1.52. The molecule has 19 heavy (non-hydrogen) atoms. The highest BCUT2D eigenvalue weighted by molar-refractivity contribution is 5.94. The van der Waals surface area contributed by atoms with Gasteiger partial charge in [-0.3, -0.25) is 4.68 Å². The van der Waals surface area contributed by atoms with E-state index in [0.717, 1.165) is 12.8 Å². The van der Waals surface area contributed by atoms with Crippen LogP contribution >= 0.6 is 0 Å². The molecule has 1 heterocycles. The van der Waals surface area contributed by atoms with Gasteiger partial charge in [0.15, 0.2) is 0 Å². The lowest BCUT2D eigenvalue weighted by atomic mass is 9.75. The minimum atomic E-state index is -0.914. The molecule has 2 rings (SSSR count). The summed E-state index contributed by atoms with van der Waals surface area (Å²) in [6, 6.07) is 0.330. The number of carboxylic acid groups (broad SMARTS) is 1. The zero-order chi connectivity index (χ0) is 14.2. The molecule has 0 aliphatic heterocycles. The molecule has 5 heteroatoms. The normalized spacial score (nSPS) is 22.2. The molecule has 1 aromatic rings. The zero-order valence-corrected chi connectivity index (χ0v) is 12.2. The molecule has 1 unspecified atom stereocenters. The van der Waals surface area contributed by atoms with Crippen molar-refractivity contribution in [3.8, 4) is 0 Å². The van der Waals surface area contributed by atoms with Crippen LogP contribution in [0.25, 0.3) is 0 Å². The maximum Gasteiger partial charge on any atom is 0.341 e. The van der Waals surface area contributed by atoms with E-state index >= 15 is 0 Å². The summed E-state index contributed by atoms with van der Waals surface area (Å²) in [4.78, 5) is 11.3. The predicted octanol–water partition coefficient (Wildman–Crippen LogP) is 2.81. The first-order valence-electron chi connectivity index (χ1n) is 6.83. The SMILES string of the molecule is Cc1nn(C)c(NC2CCCC(C)(C)C2)c1C(=O)O. The highest BCUT2D eigenvalue weighted by Crippen LogP contribution is 2.36. The van der Waals surface area contributed by atoms with Crippen LogP contribution in [-0.2, 0) is 7.05 Å². The van der Waals surface area contributed by atoms with Gasteiger partial charge in [0.05, 0.1) is 5.69 Å². The Kier molecular flexibility index (Phi) is 3.56. The van der Waals surface area contributed by atoms with Crippen LogP contribution in [0.4, 0.5) is 5.82 Å². The number of anilines is 1. The molecule has 2 N–H and O–H groups in total. The van der Waals surface area contributed by atoms with Gasteiger partial charge in [0.1, 0.15) is 11.4 Å². The van der Waals surface area contributed by atoms with Gasteiger partial charge in [-0.1, -0.05) is 20.3 Å². The van der Waals surface area contributed by atoms with Crippen molar-refractivity contribution in [2.75, 3.05) is 5.32 Å². The summed E-state index contributed by atoms with van der Waals surface area (Å²) in [6.07, 6.45) is 4.58. The fraction of sp³-hybridized carbons (Fsp3) is 0.714. The fourth-order valence-corrected chi connectivity index (χ4v) is 3.09. The molecule has 0 saturated heterocycles. The van der Waals surface area contributed by atoms with Gasteiger partial charge in [-0.05, 0) is 31.6 Å². The molecule has 0 radical (unpaired) electrons. The van der Waals surface area contributed by atoms with Crippen molar-refractivity contribution >= 4 is 11.8 Å². The van der Waals surface area contributed by atoms with Gasteiger partial charge in [-0.2, -0.15) is 5.10 Å². The average molecular weight is 265 g/mol. The Bertz CT molecular complexity index is 491. The van der Waals surface area contributed by atoms with Crippen LogP contribution in [0, 0.1) is 12.3 Å². The fourth-order valence-electron chi connectivity index (χ4n) is 3.09. The molecule has 1 aliphatic carbocycles. The highest BCUT2D eigenvalue weighted by atomic mass is 16.4. The van der Waals surface area contributed by atoms with Crippen molar-refractivity contribution in [3.63, 3.8) is 0 Å². The molecule has 0 aromatic carbocycles. The van der Waals surface area contributed by atoms with Gasteiger partial charge < -0.3 is 10.4 Å². The molecule has 1 saturated carbocycles. The summed E-state index contributed by atoms with van der Waals surface area (Å²) in [7, 11) is 1.79. The maximum atomic E-state index is 11.3. The first-order chi connectivity index (χ1) is 8.80. The molecule has 1 aromatic heterocycles. The number of aryl methyl sites for hydroxylation is 2. The molecule has 0 amide bonds. The van der Waals surface area contributed by atoms with Gasteiger partial charge >= 0.3 is 5.97 Å². The molecule has 0 spiro atoms. The largest absolute Gasteiger partial charge is 0.477 e.